The molecular weight excluding hydrogens is 174 g/mol. The Bertz CT molecular complexity index is 166. The maximum absolute atomic E-state index is 11.6. The second-order valence-electron chi connectivity index (χ2n) is 4.80. The van der Waals surface area contributed by atoms with E-state index in [1.807, 2.05) is 0 Å². The van der Waals surface area contributed by atoms with Crippen LogP contribution in [0.15, 0.2) is 0 Å². The molecule has 0 radical (unpaired) electrons. The number of hydrogen-bond acceptors (Lipinski definition) is 2. The first-order chi connectivity index (χ1) is 6.47. The van der Waals surface area contributed by atoms with E-state index in [0.29, 0.717) is 18.3 Å². The summed E-state index contributed by atoms with van der Waals surface area (Å²) in [6.45, 7) is 8.48. The van der Waals surface area contributed by atoms with Gasteiger partial charge in [-0.3, -0.25) is 4.79 Å². The van der Waals surface area contributed by atoms with Crippen LogP contribution < -0.4 is 5.73 Å². The molecule has 2 unspecified atom stereocenters. The molecule has 2 nitrogen and oxygen atoms in total. The van der Waals surface area contributed by atoms with Gasteiger partial charge in [-0.15, -0.1) is 0 Å². The second-order valence-corrected chi connectivity index (χ2v) is 4.80. The van der Waals surface area contributed by atoms with Gasteiger partial charge in [0.25, 0.3) is 0 Å². The Labute approximate surface area is 88.3 Å². The molecule has 0 rings (SSSR count). The highest BCUT2D eigenvalue weighted by Crippen LogP contribution is 2.13. The van der Waals surface area contributed by atoms with Crippen molar-refractivity contribution in [3.05, 3.63) is 0 Å². The average Bonchev–Trinajstić information content (AvgIpc) is 2.02. The smallest absolute Gasteiger partial charge is 0.149 e. The van der Waals surface area contributed by atoms with Crippen LogP contribution in [0.2, 0.25) is 0 Å². The van der Waals surface area contributed by atoms with Crippen molar-refractivity contribution >= 4 is 5.78 Å². The monoisotopic (exact) mass is 199 g/mol. The lowest BCUT2D eigenvalue weighted by atomic mass is 9.93. The van der Waals surface area contributed by atoms with Gasteiger partial charge in [0.15, 0.2) is 0 Å². The minimum Gasteiger partial charge on any atom is -0.322 e. The van der Waals surface area contributed by atoms with E-state index in [2.05, 4.69) is 27.7 Å². The SMILES string of the molecule is CCCC(C)CC(=O)C(N)CC(C)C. The van der Waals surface area contributed by atoms with Gasteiger partial charge in [0, 0.05) is 6.42 Å². The molecule has 0 aromatic rings. The fourth-order valence-electron chi connectivity index (χ4n) is 1.73. The predicted octanol–water partition coefficient (Wildman–Crippen LogP) is 2.76. The lowest BCUT2D eigenvalue weighted by Crippen LogP contribution is -2.32. The van der Waals surface area contributed by atoms with Crippen molar-refractivity contribution in [3.8, 4) is 0 Å². The number of carbonyl (C=O) groups excluding carboxylic acids is 1. The van der Waals surface area contributed by atoms with Crippen molar-refractivity contribution in [1.82, 2.24) is 0 Å². The van der Waals surface area contributed by atoms with Gasteiger partial charge in [-0.2, -0.15) is 0 Å². The lowest BCUT2D eigenvalue weighted by molar-refractivity contribution is -0.121. The molecule has 2 atom stereocenters. The Morgan fingerprint density at radius 3 is 2.29 bits per heavy atom. The molecule has 2 heteroatoms. The van der Waals surface area contributed by atoms with E-state index < -0.39 is 0 Å². The number of ketones is 1. The van der Waals surface area contributed by atoms with Crippen LogP contribution in [0.3, 0.4) is 0 Å². The van der Waals surface area contributed by atoms with Gasteiger partial charge in [0.1, 0.15) is 5.78 Å². The highest BCUT2D eigenvalue weighted by Gasteiger charge is 2.17. The lowest BCUT2D eigenvalue weighted by Gasteiger charge is -2.15. The van der Waals surface area contributed by atoms with Crippen molar-refractivity contribution in [2.75, 3.05) is 0 Å². The van der Waals surface area contributed by atoms with E-state index in [1.54, 1.807) is 0 Å². The van der Waals surface area contributed by atoms with Gasteiger partial charge < -0.3 is 5.73 Å². The Hall–Kier alpha value is -0.370. The molecule has 0 spiro atoms. The first kappa shape index (κ1) is 13.6. The molecule has 0 aromatic carbocycles. The van der Waals surface area contributed by atoms with Crippen LogP contribution in [0.4, 0.5) is 0 Å². The van der Waals surface area contributed by atoms with Crippen LogP contribution in [0.5, 0.6) is 0 Å². The zero-order chi connectivity index (χ0) is 11.1. The van der Waals surface area contributed by atoms with Gasteiger partial charge in [0.05, 0.1) is 6.04 Å². The van der Waals surface area contributed by atoms with Crippen molar-refractivity contribution in [3.63, 3.8) is 0 Å². The van der Waals surface area contributed by atoms with Crippen LogP contribution in [-0.2, 0) is 4.79 Å². The average molecular weight is 199 g/mol. The maximum atomic E-state index is 11.6. The molecule has 0 aliphatic heterocycles. The topological polar surface area (TPSA) is 43.1 Å². The summed E-state index contributed by atoms with van der Waals surface area (Å²) in [5, 5.41) is 0. The molecule has 0 fully saturated rings. The molecule has 0 heterocycles. The van der Waals surface area contributed by atoms with Gasteiger partial charge >= 0.3 is 0 Å². The third kappa shape index (κ3) is 6.14. The van der Waals surface area contributed by atoms with Gasteiger partial charge in [0.2, 0.25) is 0 Å². The third-order valence-electron chi connectivity index (χ3n) is 2.47. The summed E-state index contributed by atoms with van der Waals surface area (Å²) in [5.74, 6) is 1.24. The van der Waals surface area contributed by atoms with E-state index in [1.165, 1.54) is 0 Å². The van der Waals surface area contributed by atoms with Crippen molar-refractivity contribution in [1.29, 1.82) is 0 Å². The third-order valence-corrected chi connectivity index (χ3v) is 2.47. The summed E-state index contributed by atoms with van der Waals surface area (Å²) in [6.07, 6.45) is 3.74. The van der Waals surface area contributed by atoms with Gasteiger partial charge in [-0.05, 0) is 18.3 Å². The van der Waals surface area contributed by atoms with E-state index in [4.69, 9.17) is 5.73 Å². The molecule has 14 heavy (non-hydrogen) atoms. The minimum atomic E-state index is -0.241. The molecule has 84 valence electrons. The Kier molecular flexibility index (Phi) is 6.81. The zero-order valence-electron chi connectivity index (χ0n) is 10.0. The zero-order valence-corrected chi connectivity index (χ0v) is 10.0. The number of rotatable bonds is 7. The highest BCUT2D eigenvalue weighted by molar-refractivity contribution is 5.83. The first-order valence-corrected chi connectivity index (χ1v) is 5.75. The van der Waals surface area contributed by atoms with E-state index in [9.17, 15) is 4.79 Å². The van der Waals surface area contributed by atoms with Crippen LogP contribution in [0, 0.1) is 11.8 Å². The van der Waals surface area contributed by atoms with Crippen LogP contribution >= 0.6 is 0 Å². The number of Topliss-reactive ketones (excluding diaryl/α,β-unsaturated/α-hetero) is 1. The van der Waals surface area contributed by atoms with E-state index in [0.717, 1.165) is 19.3 Å². The molecule has 0 aliphatic rings. The summed E-state index contributed by atoms with van der Waals surface area (Å²) < 4.78 is 0. The van der Waals surface area contributed by atoms with Crippen LogP contribution in [-0.4, -0.2) is 11.8 Å². The molecule has 0 saturated carbocycles. The Balaban J connectivity index is 3.82. The molecule has 0 aromatic heterocycles. The van der Waals surface area contributed by atoms with Crippen LogP contribution in [0.25, 0.3) is 0 Å². The molecule has 0 saturated heterocycles. The summed E-state index contributed by atoms with van der Waals surface area (Å²) in [4.78, 5) is 11.6. The van der Waals surface area contributed by atoms with Crippen molar-refractivity contribution in [2.45, 2.75) is 59.4 Å². The molecule has 0 aliphatic carbocycles. The quantitative estimate of drug-likeness (QED) is 0.685. The first-order valence-electron chi connectivity index (χ1n) is 5.75. The highest BCUT2D eigenvalue weighted by atomic mass is 16.1. The van der Waals surface area contributed by atoms with E-state index >= 15 is 0 Å². The fourth-order valence-corrected chi connectivity index (χ4v) is 1.73. The summed E-state index contributed by atoms with van der Waals surface area (Å²) in [6, 6.07) is -0.241. The van der Waals surface area contributed by atoms with Crippen molar-refractivity contribution in [2.24, 2.45) is 17.6 Å². The van der Waals surface area contributed by atoms with Gasteiger partial charge in [-0.1, -0.05) is 40.5 Å². The Morgan fingerprint density at radius 1 is 1.29 bits per heavy atom. The number of nitrogens with two attached hydrogens (primary N) is 1. The molecule has 0 bridgehead atoms. The van der Waals surface area contributed by atoms with E-state index in [-0.39, 0.29) is 11.8 Å². The number of hydrogen-bond donors (Lipinski definition) is 1. The van der Waals surface area contributed by atoms with Crippen LogP contribution in [0.1, 0.15) is 53.4 Å². The minimum absolute atomic E-state index is 0.236. The van der Waals surface area contributed by atoms with Gasteiger partial charge in [-0.25, -0.2) is 0 Å². The summed E-state index contributed by atoms with van der Waals surface area (Å²) >= 11 is 0. The number of carbonyl (C=O) groups is 1. The largest absolute Gasteiger partial charge is 0.322 e. The molecular formula is C12H25NO. The normalized spacial score (nSPS) is 15.6. The summed E-state index contributed by atoms with van der Waals surface area (Å²) in [5.41, 5.74) is 5.81. The Morgan fingerprint density at radius 2 is 1.86 bits per heavy atom. The predicted molar refractivity (Wildman–Crippen MR) is 61.1 cm³/mol. The molecule has 0 amide bonds. The maximum Gasteiger partial charge on any atom is 0.149 e. The fraction of sp³-hybridized carbons (Fsp3) is 0.917. The van der Waals surface area contributed by atoms with Crippen molar-refractivity contribution < 1.29 is 4.79 Å². The second kappa shape index (κ2) is 6.99. The molecule has 2 N–H and O–H groups in total. The summed E-state index contributed by atoms with van der Waals surface area (Å²) in [7, 11) is 0. The standard InChI is InChI=1S/C12H25NO/c1-5-6-10(4)8-12(14)11(13)7-9(2)3/h9-11H,5-8,13H2,1-4H3.